The monoisotopic (exact) mass is 434 g/mol. The normalized spacial score (nSPS) is 26.4. The number of alkyl halides is 3. The minimum Gasteiger partial charge on any atom is -0.403 e. The van der Waals surface area contributed by atoms with Gasteiger partial charge in [0, 0.05) is 0 Å². The first-order valence-electron chi connectivity index (χ1n) is 11.5. The summed E-state index contributed by atoms with van der Waals surface area (Å²) in [7, 11) is 0. The third-order valence-electron chi connectivity index (χ3n) is 7.29. The molecule has 0 spiro atoms. The van der Waals surface area contributed by atoms with Crippen LogP contribution in [-0.4, -0.2) is 6.36 Å². The van der Waals surface area contributed by atoms with Gasteiger partial charge in [-0.1, -0.05) is 56.5 Å². The Labute approximate surface area is 181 Å². The van der Waals surface area contributed by atoms with Crippen molar-refractivity contribution < 1.29 is 22.3 Å². The maximum atomic E-state index is 14.0. The van der Waals surface area contributed by atoms with Crippen molar-refractivity contribution in [1.82, 2.24) is 0 Å². The fraction of sp³-hybridized carbons (Fsp3) is 0.538. The van der Waals surface area contributed by atoms with Crippen LogP contribution in [0.25, 0.3) is 11.1 Å². The van der Waals surface area contributed by atoms with Gasteiger partial charge in [-0.15, -0.1) is 13.2 Å². The summed E-state index contributed by atoms with van der Waals surface area (Å²) in [5.41, 5.74) is 2.64. The highest BCUT2D eigenvalue weighted by Gasteiger charge is 2.35. The molecule has 2 aromatic carbocycles. The van der Waals surface area contributed by atoms with E-state index < -0.39 is 17.9 Å². The fourth-order valence-electron chi connectivity index (χ4n) is 5.80. The van der Waals surface area contributed by atoms with Crippen molar-refractivity contribution in [3.63, 3.8) is 0 Å². The highest BCUT2D eigenvalue weighted by molar-refractivity contribution is 5.64. The molecule has 4 rings (SSSR count). The zero-order valence-corrected chi connectivity index (χ0v) is 17.9. The van der Waals surface area contributed by atoms with E-state index in [1.54, 1.807) is 0 Å². The lowest BCUT2D eigenvalue weighted by molar-refractivity contribution is -0.275. The lowest BCUT2D eigenvalue weighted by Crippen LogP contribution is -2.30. The van der Waals surface area contributed by atoms with E-state index in [0.29, 0.717) is 11.5 Å². The first-order chi connectivity index (χ1) is 14.8. The molecular weight excluding hydrogens is 404 g/mol. The Morgan fingerprint density at radius 3 is 2.23 bits per heavy atom. The van der Waals surface area contributed by atoms with Gasteiger partial charge in [0.25, 0.3) is 0 Å². The second-order valence-corrected chi connectivity index (χ2v) is 9.31. The van der Waals surface area contributed by atoms with Crippen LogP contribution in [-0.2, 0) is 0 Å². The number of halogens is 4. The minimum absolute atomic E-state index is 0.538. The van der Waals surface area contributed by atoms with Gasteiger partial charge in [-0.2, -0.15) is 0 Å². The van der Waals surface area contributed by atoms with E-state index in [1.807, 2.05) is 12.1 Å². The molecule has 0 N–H and O–H groups in total. The van der Waals surface area contributed by atoms with Gasteiger partial charge in [0.2, 0.25) is 0 Å². The van der Waals surface area contributed by atoms with E-state index in [-0.39, 0.29) is 0 Å². The van der Waals surface area contributed by atoms with Crippen LogP contribution < -0.4 is 4.74 Å². The lowest BCUT2D eigenvalue weighted by Gasteiger charge is -2.42. The average molecular weight is 435 g/mol. The minimum atomic E-state index is -4.90. The van der Waals surface area contributed by atoms with Crippen LogP contribution in [0.15, 0.2) is 42.5 Å². The van der Waals surface area contributed by atoms with Crippen LogP contribution in [0.2, 0.25) is 0 Å². The Hall–Kier alpha value is -2.04. The van der Waals surface area contributed by atoms with Crippen molar-refractivity contribution in [3.05, 3.63) is 53.8 Å². The Morgan fingerprint density at radius 2 is 1.55 bits per heavy atom. The molecule has 1 unspecified atom stereocenters. The fourth-order valence-corrected chi connectivity index (χ4v) is 5.80. The molecule has 2 fully saturated rings. The number of benzene rings is 2. The highest BCUT2D eigenvalue weighted by Crippen LogP contribution is 2.48. The van der Waals surface area contributed by atoms with Crippen molar-refractivity contribution in [3.8, 4) is 16.9 Å². The first-order valence-corrected chi connectivity index (χ1v) is 11.5. The SMILES string of the molecule is CCCC1CC[C@@H]2C[C@H](c3ccc(-c4ccc(OC(F)(F)F)c(F)c4)cc3)CC[C@@H]2C1. The summed E-state index contributed by atoms with van der Waals surface area (Å²) in [6.45, 7) is 2.28. The van der Waals surface area contributed by atoms with Crippen LogP contribution in [0, 0.1) is 23.6 Å². The summed E-state index contributed by atoms with van der Waals surface area (Å²) in [6, 6.07) is 11.7. The van der Waals surface area contributed by atoms with Gasteiger partial charge in [-0.25, -0.2) is 4.39 Å². The number of hydrogen-bond acceptors (Lipinski definition) is 1. The van der Waals surface area contributed by atoms with Crippen LogP contribution in [0.3, 0.4) is 0 Å². The number of ether oxygens (including phenoxy) is 1. The largest absolute Gasteiger partial charge is 0.573 e. The van der Waals surface area contributed by atoms with Crippen molar-refractivity contribution >= 4 is 0 Å². The molecular formula is C26H30F4O. The third-order valence-corrected chi connectivity index (χ3v) is 7.29. The number of rotatable bonds is 5. The Morgan fingerprint density at radius 1 is 0.871 bits per heavy atom. The second-order valence-electron chi connectivity index (χ2n) is 9.31. The van der Waals surface area contributed by atoms with Crippen molar-refractivity contribution in [2.75, 3.05) is 0 Å². The zero-order chi connectivity index (χ0) is 22.0. The smallest absolute Gasteiger partial charge is 0.403 e. The molecule has 0 saturated heterocycles. The molecule has 168 valence electrons. The summed E-state index contributed by atoms with van der Waals surface area (Å²) in [4.78, 5) is 0. The molecule has 0 aromatic heterocycles. The van der Waals surface area contributed by atoms with Gasteiger partial charge >= 0.3 is 6.36 Å². The standard InChI is InChI=1S/C26H30F4O/c1-2-3-17-4-5-22-15-21(11-10-20(22)14-17)18-6-8-19(9-7-18)23-12-13-25(24(27)16-23)31-26(28,29)30/h6-9,12-13,16-17,20-22H,2-5,10-11,14-15H2,1H3/t17?,20-,21-,22-/m1/s1. The Kier molecular flexibility index (Phi) is 6.59. The van der Waals surface area contributed by atoms with E-state index in [4.69, 9.17) is 0 Å². The molecule has 0 radical (unpaired) electrons. The van der Waals surface area contributed by atoms with Crippen LogP contribution in [0.1, 0.15) is 69.8 Å². The molecule has 2 saturated carbocycles. The topological polar surface area (TPSA) is 9.23 Å². The second kappa shape index (κ2) is 9.22. The molecule has 1 nitrogen and oxygen atoms in total. The van der Waals surface area contributed by atoms with E-state index in [1.165, 1.54) is 63.0 Å². The van der Waals surface area contributed by atoms with E-state index in [9.17, 15) is 17.6 Å². The predicted octanol–water partition coefficient (Wildman–Crippen LogP) is 8.49. The van der Waals surface area contributed by atoms with Crippen molar-refractivity contribution in [2.24, 2.45) is 17.8 Å². The molecule has 2 aliphatic carbocycles. The van der Waals surface area contributed by atoms with E-state index >= 15 is 0 Å². The van der Waals surface area contributed by atoms with E-state index in [0.717, 1.165) is 35.4 Å². The van der Waals surface area contributed by atoms with Gasteiger partial charge in [0.1, 0.15) is 0 Å². The molecule has 0 bridgehead atoms. The van der Waals surface area contributed by atoms with E-state index in [2.05, 4.69) is 23.8 Å². The number of hydrogen-bond donors (Lipinski definition) is 0. The maximum Gasteiger partial charge on any atom is 0.573 e. The van der Waals surface area contributed by atoms with Crippen LogP contribution in [0.5, 0.6) is 5.75 Å². The van der Waals surface area contributed by atoms with Gasteiger partial charge in [-0.3, -0.25) is 0 Å². The Bertz CT molecular complexity index is 874. The van der Waals surface area contributed by atoms with Gasteiger partial charge in [-0.05, 0) is 84.6 Å². The molecule has 2 aliphatic rings. The lowest BCUT2D eigenvalue weighted by atomic mass is 9.63. The average Bonchev–Trinajstić information content (AvgIpc) is 2.74. The molecule has 31 heavy (non-hydrogen) atoms. The molecule has 4 atom stereocenters. The summed E-state index contributed by atoms with van der Waals surface area (Å²) in [5, 5.41) is 0. The van der Waals surface area contributed by atoms with Crippen LogP contribution >= 0.6 is 0 Å². The van der Waals surface area contributed by atoms with Gasteiger partial charge in [0.05, 0.1) is 0 Å². The molecule has 0 aliphatic heterocycles. The summed E-state index contributed by atoms with van der Waals surface area (Å²) >= 11 is 0. The summed E-state index contributed by atoms with van der Waals surface area (Å²) in [6.07, 6.45) is 5.68. The molecule has 0 amide bonds. The Balaban J connectivity index is 1.41. The first kappa shape index (κ1) is 22.2. The quantitative estimate of drug-likeness (QED) is 0.429. The van der Waals surface area contributed by atoms with Crippen LogP contribution in [0.4, 0.5) is 17.6 Å². The van der Waals surface area contributed by atoms with Crippen molar-refractivity contribution in [1.29, 1.82) is 0 Å². The van der Waals surface area contributed by atoms with Crippen molar-refractivity contribution in [2.45, 2.75) is 70.6 Å². The zero-order valence-electron chi connectivity index (χ0n) is 17.9. The maximum absolute atomic E-state index is 14.0. The molecule has 5 heteroatoms. The van der Waals surface area contributed by atoms with Gasteiger partial charge < -0.3 is 4.74 Å². The predicted molar refractivity (Wildman–Crippen MR) is 114 cm³/mol. The summed E-state index contributed by atoms with van der Waals surface area (Å²) < 4.78 is 54.8. The molecule has 0 heterocycles. The van der Waals surface area contributed by atoms with Gasteiger partial charge in [0.15, 0.2) is 11.6 Å². The highest BCUT2D eigenvalue weighted by atomic mass is 19.4. The third kappa shape index (κ3) is 5.42. The summed E-state index contributed by atoms with van der Waals surface area (Å²) in [5.74, 6) is 1.39. The number of fused-ring (bicyclic) bond motifs is 1. The molecule has 2 aromatic rings.